The van der Waals surface area contributed by atoms with Gasteiger partial charge >= 0.3 is 0 Å². The van der Waals surface area contributed by atoms with Gasteiger partial charge in [0, 0.05) is 18.3 Å². The monoisotopic (exact) mass is 192 g/mol. The van der Waals surface area contributed by atoms with E-state index in [1.165, 1.54) is 16.8 Å². The van der Waals surface area contributed by atoms with E-state index >= 15 is 0 Å². The third-order valence-electron chi connectivity index (χ3n) is 2.52. The van der Waals surface area contributed by atoms with Crippen molar-refractivity contribution in [2.75, 3.05) is 18.9 Å². The van der Waals surface area contributed by atoms with Crippen LogP contribution < -0.4 is 10.6 Å². The summed E-state index contributed by atoms with van der Waals surface area (Å²) in [6.45, 7) is 7.46. The van der Waals surface area contributed by atoms with Crippen LogP contribution in [0.2, 0.25) is 0 Å². The van der Waals surface area contributed by atoms with Gasteiger partial charge in [0.2, 0.25) is 0 Å². The van der Waals surface area contributed by atoms with E-state index in [0.717, 1.165) is 6.54 Å². The fourth-order valence-corrected chi connectivity index (χ4v) is 1.53. The Morgan fingerprint density at radius 2 is 2.00 bits per heavy atom. The Morgan fingerprint density at radius 3 is 2.64 bits per heavy atom. The molecule has 0 aliphatic rings. The summed E-state index contributed by atoms with van der Waals surface area (Å²) in [5, 5.41) is 6.65. The molecule has 1 rings (SSSR count). The highest BCUT2D eigenvalue weighted by Gasteiger charge is 2.03. The highest BCUT2D eigenvalue weighted by atomic mass is 15.0. The van der Waals surface area contributed by atoms with Gasteiger partial charge in [0.1, 0.15) is 0 Å². The molecule has 0 bridgehead atoms. The third-order valence-corrected chi connectivity index (χ3v) is 2.52. The summed E-state index contributed by atoms with van der Waals surface area (Å²) in [6, 6.07) is 6.83. The SMILES string of the molecule is CNCC(C)Nc1cccc(C)c1C. The van der Waals surface area contributed by atoms with Crippen LogP contribution in [0.1, 0.15) is 18.1 Å². The Bertz CT molecular complexity index is 294. The fourth-order valence-electron chi connectivity index (χ4n) is 1.53. The van der Waals surface area contributed by atoms with Crippen LogP contribution in [-0.4, -0.2) is 19.6 Å². The summed E-state index contributed by atoms with van der Waals surface area (Å²) in [5.74, 6) is 0. The minimum absolute atomic E-state index is 0.459. The molecular formula is C12H20N2. The van der Waals surface area contributed by atoms with E-state index in [1.54, 1.807) is 0 Å². The molecule has 2 heteroatoms. The van der Waals surface area contributed by atoms with Crippen LogP contribution >= 0.6 is 0 Å². The summed E-state index contributed by atoms with van der Waals surface area (Å²) in [7, 11) is 1.97. The van der Waals surface area contributed by atoms with E-state index in [-0.39, 0.29) is 0 Å². The number of benzene rings is 1. The quantitative estimate of drug-likeness (QED) is 0.765. The van der Waals surface area contributed by atoms with Crippen LogP contribution in [-0.2, 0) is 0 Å². The van der Waals surface area contributed by atoms with Gasteiger partial charge in [0.15, 0.2) is 0 Å². The second-order valence-corrected chi connectivity index (χ2v) is 3.85. The van der Waals surface area contributed by atoms with Crippen molar-refractivity contribution in [1.82, 2.24) is 5.32 Å². The van der Waals surface area contributed by atoms with Crippen molar-refractivity contribution in [2.24, 2.45) is 0 Å². The van der Waals surface area contributed by atoms with Crippen molar-refractivity contribution in [3.8, 4) is 0 Å². The highest BCUT2D eigenvalue weighted by molar-refractivity contribution is 5.54. The second-order valence-electron chi connectivity index (χ2n) is 3.85. The lowest BCUT2D eigenvalue weighted by molar-refractivity contribution is 0.700. The Hall–Kier alpha value is -1.02. The first-order chi connectivity index (χ1) is 6.65. The molecule has 0 heterocycles. The number of nitrogens with one attached hydrogen (secondary N) is 2. The van der Waals surface area contributed by atoms with Gasteiger partial charge in [-0.1, -0.05) is 12.1 Å². The Labute approximate surface area is 86.7 Å². The van der Waals surface area contributed by atoms with E-state index in [9.17, 15) is 0 Å². The maximum absolute atomic E-state index is 3.49. The first kappa shape index (κ1) is 11.1. The zero-order valence-electron chi connectivity index (χ0n) is 9.52. The molecule has 0 spiro atoms. The van der Waals surface area contributed by atoms with Crippen molar-refractivity contribution in [3.05, 3.63) is 29.3 Å². The fraction of sp³-hybridized carbons (Fsp3) is 0.500. The van der Waals surface area contributed by atoms with Gasteiger partial charge < -0.3 is 10.6 Å². The molecule has 0 aliphatic carbocycles. The Balaban J connectivity index is 2.71. The van der Waals surface area contributed by atoms with Gasteiger partial charge in [0.25, 0.3) is 0 Å². The number of likely N-dealkylation sites (N-methyl/N-ethyl adjacent to an activating group) is 1. The molecule has 0 amide bonds. The summed E-state index contributed by atoms with van der Waals surface area (Å²) in [6.07, 6.45) is 0. The molecule has 14 heavy (non-hydrogen) atoms. The summed E-state index contributed by atoms with van der Waals surface area (Å²) in [4.78, 5) is 0. The summed E-state index contributed by atoms with van der Waals surface area (Å²) in [5.41, 5.74) is 3.93. The van der Waals surface area contributed by atoms with Crippen molar-refractivity contribution < 1.29 is 0 Å². The number of hydrogen-bond acceptors (Lipinski definition) is 2. The molecule has 1 aromatic rings. The van der Waals surface area contributed by atoms with Gasteiger partial charge in [-0.3, -0.25) is 0 Å². The number of anilines is 1. The molecule has 0 aliphatic heterocycles. The van der Waals surface area contributed by atoms with Gasteiger partial charge in [-0.2, -0.15) is 0 Å². The minimum Gasteiger partial charge on any atom is -0.381 e. The first-order valence-electron chi connectivity index (χ1n) is 5.12. The van der Waals surface area contributed by atoms with E-state index in [4.69, 9.17) is 0 Å². The second kappa shape index (κ2) is 5.01. The third kappa shape index (κ3) is 2.74. The lowest BCUT2D eigenvalue weighted by Gasteiger charge is -2.17. The highest BCUT2D eigenvalue weighted by Crippen LogP contribution is 2.18. The standard InChI is InChI=1S/C12H20N2/c1-9-6-5-7-12(11(9)3)14-10(2)8-13-4/h5-7,10,13-14H,8H2,1-4H3. The molecule has 1 unspecified atom stereocenters. The molecule has 1 atom stereocenters. The molecule has 0 radical (unpaired) electrons. The van der Waals surface area contributed by atoms with Crippen LogP contribution in [0.15, 0.2) is 18.2 Å². The van der Waals surface area contributed by atoms with E-state index < -0.39 is 0 Å². The molecule has 1 aromatic carbocycles. The Morgan fingerprint density at radius 1 is 1.29 bits per heavy atom. The van der Waals surface area contributed by atoms with Crippen LogP contribution in [0.5, 0.6) is 0 Å². The average molecular weight is 192 g/mol. The molecule has 2 nitrogen and oxygen atoms in total. The molecule has 0 saturated carbocycles. The maximum Gasteiger partial charge on any atom is 0.0375 e. The van der Waals surface area contributed by atoms with Gasteiger partial charge in [-0.05, 0) is 45.0 Å². The predicted molar refractivity (Wildman–Crippen MR) is 62.9 cm³/mol. The zero-order valence-corrected chi connectivity index (χ0v) is 9.52. The zero-order chi connectivity index (χ0) is 10.6. The number of rotatable bonds is 4. The number of aryl methyl sites for hydroxylation is 1. The van der Waals surface area contributed by atoms with Crippen LogP contribution in [0.4, 0.5) is 5.69 Å². The number of hydrogen-bond donors (Lipinski definition) is 2. The van der Waals surface area contributed by atoms with Crippen molar-refractivity contribution in [2.45, 2.75) is 26.8 Å². The molecule has 78 valence electrons. The van der Waals surface area contributed by atoms with Crippen LogP contribution in [0.25, 0.3) is 0 Å². The van der Waals surface area contributed by atoms with E-state index in [2.05, 4.69) is 49.6 Å². The van der Waals surface area contributed by atoms with E-state index in [1.807, 2.05) is 7.05 Å². The maximum atomic E-state index is 3.49. The summed E-state index contributed by atoms with van der Waals surface area (Å²) < 4.78 is 0. The largest absolute Gasteiger partial charge is 0.381 e. The van der Waals surface area contributed by atoms with Crippen molar-refractivity contribution in [3.63, 3.8) is 0 Å². The predicted octanol–water partition coefficient (Wildman–Crippen LogP) is 2.32. The lowest BCUT2D eigenvalue weighted by Crippen LogP contribution is -2.28. The van der Waals surface area contributed by atoms with Crippen LogP contribution in [0, 0.1) is 13.8 Å². The minimum atomic E-state index is 0.459. The van der Waals surface area contributed by atoms with Gasteiger partial charge in [0.05, 0.1) is 0 Å². The molecule has 0 fully saturated rings. The van der Waals surface area contributed by atoms with Crippen LogP contribution in [0.3, 0.4) is 0 Å². The van der Waals surface area contributed by atoms with Crippen molar-refractivity contribution in [1.29, 1.82) is 0 Å². The van der Waals surface area contributed by atoms with Gasteiger partial charge in [-0.15, -0.1) is 0 Å². The van der Waals surface area contributed by atoms with Gasteiger partial charge in [-0.25, -0.2) is 0 Å². The topological polar surface area (TPSA) is 24.1 Å². The summed E-state index contributed by atoms with van der Waals surface area (Å²) >= 11 is 0. The Kier molecular flexibility index (Phi) is 3.96. The molecule has 2 N–H and O–H groups in total. The van der Waals surface area contributed by atoms with Crippen molar-refractivity contribution >= 4 is 5.69 Å². The molecule has 0 aromatic heterocycles. The smallest absolute Gasteiger partial charge is 0.0375 e. The van der Waals surface area contributed by atoms with E-state index in [0.29, 0.717) is 6.04 Å². The first-order valence-corrected chi connectivity index (χ1v) is 5.12. The average Bonchev–Trinajstić information content (AvgIpc) is 2.13. The molecule has 0 saturated heterocycles. The normalized spacial score (nSPS) is 12.6. The molecular weight excluding hydrogens is 172 g/mol. The lowest BCUT2D eigenvalue weighted by atomic mass is 10.1.